The Labute approximate surface area is 81.4 Å². The summed E-state index contributed by atoms with van der Waals surface area (Å²) in [4.78, 5) is 21.3. The molecule has 2 N–H and O–H groups in total. The maximum Gasteiger partial charge on any atom is 0.320 e. The summed E-state index contributed by atoms with van der Waals surface area (Å²) >= 11 is 0. The van der Waals surface area contributed by atoms with Crippen molar-refractivity contribution in [3.63, 3.8) is 0 Å². The first kappa shape index (κ1) is 12.9. The molecule has 0 bridgehead atoms. The highest BCUT2D eigenvalue weighted by Gasteiger charge is 2.41. The highest BCUT2D eigenvalue weighted by molar-refractivity contribution is 5.97. The first-order chi connectivity index (χ1) is 6.45. The lowest BCUT2D eigenvalue weighted by Gasteiger charge is -2.18. The lowest BCUT2D eigenvalue weighted by atomic mass is 9.87. The Balaban J connectivity index is 4.12. The van der Waals surface area contributed by atoms with E-state index in [1.54, 1.807) is 0 Å². The summed E-state index contributed by atoms with van der Waals surface area (Å²) in [5, 5.41) is 17.4. The molecule has 0 saturated carbocycles. The number of rotatable bonds is 7. The van der Waals surface area contributed by atoms with Gasteiger partial charge in [0.05, 0.1) is 6.61 Å². The quantitative estimate of drug-likeness (QED) is 0.350. The van der Waals surface area contributed by atoms with Crippen LogP contribution in [0.5, 0.6) is 0 Å². The molecular weight excluding hydrogens is 192 g/mol. The van der Waals surface area contributed by atoms with E-state index >= 15 is 0 Å². The number of hydrogen-bond donors (Lipinski definition) is 2. The van der Waals surface area contributed by atoms with E-state index < -0.39 is 17.4 Å². The minimum absolute atomic E-state index is 0.0231. The van der Waals surface area contributed by atoms with Gasteiger partial charge < -0.3 is 19.7 Å². The Morgan fingerprint density at radius 3 is 2.14 bits per heavy atom. The van der Waals surface area contributed by atoms with Crippen LogP contribution in [-0.2, 0) is 19.1 Å². The summed E-state index contributed by atoms with van der Waals surface area (Å²) in [6.45, 7) is 1.20. The van der Waals surface area contributed by atoms with Crippen molar-refractivity contribution in [1.82, 2.24) is 0 Å². The molecule has 6 heteroatoms. The molecule has 0 aromatic heterocycles. The Bertz CT molecular complexity index is 198. The fourth-order valence-corrected chi connectivity index (χ4v) is 0.724. The lowest BCUT2D eigenvalue weighted by Crippen LogP contribution is -2.37. The van der Waals surface area contributed by atoms with E-state index in [0.29, 0.717) is 0 Å². The maximum absolute atomic E-state index is 10.7. The average molecular weight is 206 g/mol. The zero-order valence-corrected chi connectivity index (χ0v) is 8.15. The smallest absolute Gasteiger partial charge is 0.320 e. The number of carboxylic acid groups (broad SMARTS) is 2. The van der Waals surface area contributed by atoms with Gasteiger partial charge in [-0.05, 0) is 13.3 Å². The molecule has 0 atom stereocenters. The van der Waals surface area contributed by atoms with Gasteiger partial charge in [0.15, 0.2) is 5.41 Å². The molecule has 0 amide bonds. The highest BCUT2D eigenvalue weighted by Crippen LogP contribution is 2.21. The average Bonchev–Trinajstić information content (AvgIpc) is 2.11. The van der Waals surface area contributed by atoms with Gasteiger partial charge in [0.1, 0.15) is 6.79 Å². The Kier molecular flexibility index (Phi) is 5.11. The molecule has 6 nitrogen and oxygen atoms in total. The molecular formula is C8H14O6. The van der Waals surface area contributed by atoms with Gasteiger partial charge in [0, 0.05) is 7.11 Å². The van der Waals surface area contributed by atoms with E-state index in [-0.39, 0.29) is 19.8 Å². The van der Waals surface area contributed by atoms with Crippen LogP contribution in [-0.4, -0.2) is 42.7 Å². The summed E-state index contributed by atoms with van der Waals surface area (Å²) in [5.41, 5.74) is -1.80. The van der Waals surface area contributed by atoms with Gasteiger partial charge in [-0.3, -0.25) is 9.59 Å². The Hall–Kier alpha value is -1.14. The molecule has 0 heterocycles. The second-order valence-corrected chi connectivity index (χ2v) is 3.01. The van der Waals surface area contributed by atoms with Crippen LogP contribution < -0.4 is 0 Å². The van der Waals surface area contributed by atoms with E-state index in [0.717, 1.165) is 6.92 Å². The molecule has 14 heavy (non-hydrogen) atoms. The summed E-state index contributed by atoms with van der Waals surface area (Å²) in [6.07, 6.45) is -0.0962. The van der Waals surface area contributed by atoms with Crippen molar-refractivity contribution in [2.45, 2.75) is 13.3 Å². The molecule has 82 valence electrons. The van der Waals surface area contributed by atoms with Crippen LogP contribution in [0.3, 0.4) is 0 Å². The first-order valence-electron chi connectivity index (χ1n) is 3.98. The molecule has 0 aliphatic heterocycles. The van der Waals surface area contributed by atoms with Crippen LogP contribution in [0.25, 0.3) is 0 Å². The van der Waals surface area contributed by atoms with Gasteiger partial charge in [-0.25, -0.2) is 0 Å². The summed E-state index contributed by atoms with van der Waals surface area (Å²) in [6, 6.07) is 0. The normalized spacial score (nSPS) is 11.3. The van der Waals surface area contributed by atoms with Gasteiger partial charge in [-0.15, -0.1) is 0 Å². The third-order valence-corrected chi connectivity index (χ3v) is 1.89. The molecule has 0 radical (unpaired) electrons. The van der Waals surface area contributed by atoms with E-state index in [1.807, 2.05) is 0 Å². The van der Waals surface area contributed by atoms with Gasteiger partial charge in [0.25, 0.3) is 0 Å². The zero-order valence-electron chi connectivity index (χ0n) is 8.15. The second-order valence-electron chi connectivity index (χ2n) is 3.01. The SMILES string of the molecule is COCOCCC(C)(C(=O)O)C(=O)O. The zero-order chi connectivity index (χ0) is 11.2. The van der Waals surface area contributed by atoms with Crippen molar-refractivity contribution in [3.05, 3.63) is 0 Å². The number of carbonyl (C=O) groups is 2. The predicted octanol–water partition coefficient (Wildman–Crippen LogP) is 0.172. The van der Waals surface area contributed by atoms with Crippen LogP contribution in [0.15, 0.2) is 0 Å². The molecule has 0 aromatic carbocycles. The molecule has 0 unspecified atom stereocenters. The summed E-state index contributed by atoms with van der Waals surface area (Å²) < 4.78 is 9.39. The van der Waals surface area contributed by atoms with Crippen LogP contribution in [0.1, 0.15) is 13.3 Å². The highest BCUT2D eigenvalue weighted by atomic mass is 16.7. The number of aliphatic carboxylic acids is 2. The lowest BCUT2D eigenvalue weighted by molar-refractivity contribution is -0.165. The maximum atomic E-state index is 10.7. The van der Waals surface area contributed by atoms with E-state index in [2.05, 4.69) is 4.74 Å². The monoisotopic (exact) mass is 206 g/mol. The topological polar surface area (TPSA) is 93.1 Å². The van der Waals surface area contributed by atoms with Gasteiger partial charge in [0.2, 0.25) is 0 Å². The van der Waals surface area contributed by atoms with Gasteiger partial charge in [-0.2, -0.15) is 0 Å². The number of hydrogen-bond acceptors (Lipinski definition) is 4. The molecule has 0 aliphatic carbocycles. The van der Waals surface area contributed by atoms with Crippen LogP contribution in [0, 0.1) is 5.41 Å². The van der Waals surface area contributed by atoms with Crippen LogP contribution in [0.2, 0.25) is 0 Å². The van der Waals surface area contributed by atoms with Crippen molar-refractivity contribution in [2.75, 3.05) is 20.5 Å². The molecule has 0 saturated heterocycles. The first-order valence-corrected chi connectivity index (χ1v) is 3.98. The van der Waals surface area contributed by atoms with E-state index in [4.69, 9.17) is 14.9 Å². The summed E-state index contributed by atoms with van der Waals surface area (Å²) in [7, 11) is 1.42. The van der Waals surface area contributed by atoms with E-state index in [1.165, 1.54) is 7.11 Å². The molecule has 0 rings (SSSR count). The van der Waals surface area contributed by atoms with Crippen molar-refractivity contribution >= 4 is 11.9 Å². The van der Waals surface area contributed by atoms with Crippen molar-refractivity contribution < 1.29 is 29.3 Å². The van der Waals surface area contributed by atoms with Crippen LogP contribution >= 0.6 is 0 Å². The van der Waals surface area contributed by atoms with Crippen LogP contribution in [0.4, 0.5) is 0 Å². The largest absolute Gasteiger partial charge is 0.480 e. The van der Waals surface area contributed by atoms with Gasteiger partial charge >= 0.3 is 11.9 Å². The van der Waals surface area contributed by atoms with Crippen molar-refractivity contribution in [2.24, 2.45) is 5.41 Å². The number of carboxylic acids is 2. The Morgan fingerprint density at radius 1 is 1.29 bits per heavy atom. The predicted molar refractivity (Wildman–Crippen MR) is 45.8 cm³/mol. The summed E-state index contributed by atoms with van der Waals surface area (Å²) in [5.74, 6) is -2.74. The Morgan fingerprint density at radius 2 is 1.79 bits per heavy atom. The second kappa shape index (κ2) is 5.56. The van der Waals surface area contributed by atoms with Gasteiger partial charge in [-0.1, -0.05) is 0 Å². The fraction of sp³-hybridized carbons (Fsp3) is 0.750. The molecule has 0 fully saturated rings. The van der Waals surface area contributed by atoms with E-state index in [9.17, 15) is 9.59 Å². The number of methoxy groups -OCH3 is 1. The minimum Gasteiger partial charge on any atom is -0.480 e. The third-order valence-electron chi connectivity index (χ3n) is 1.89. The number of ether oxygens (including phenoxy) is 2. The van der Waals surface area contributed by atoms with Crippen molar-refractivity contribution in [1.29, 1.82) is 0 Å². The molecule has 0 spiro atoms. The third kappa shape index (κ3) is 3.31. The van der Waals surface area contributed by atoms with Crippen molar-refractivity contribution in [3.8, 4) is 0 Å². The minimum atomic E-state index is -1.80. The molecule has 0 aliphatic rings. The molecule has 0 aromatic rings. The fourth-order valence-electron chi connectivity index (χ4n) is 0.724. The standard InChI is InChI=1S/C8H14O6/c1-8(6(9)10,7(11)12)3-4-14-5-13-2/h3-5H2,1-2H3,(H,9,10)(H,11,12).